The smallest absolute Gasteiger partial charge is 0.416 e. The summed E-state index contributed by atoms with van der Waals surface area (Å²) in [6.07, 6.45) is -3.58. The van der Waals surface area contributed by atoms with E-state index in [1.54, 1.807) is 12.1 Å². The quantitative estimate of drug-likeness (QED) is 0.103. The van der Waals surface area contributed by atoms with E-state index < -0.39 is 32.8 Å². The minimum atomic E-state index is -4.65. The molecule has 1 aromatic heterocycles. The van der Waals surface area contributed by atoms with Crippen molar-refractivity contribution in [2.45, 2.75) is 12.8 Å². The molecule has 5 rings (SSSR count). The molecule has 0 saturated heterocycles. The van der Waals surface area contributed by atoms with Crippen LogP contribution in [0.25, 0.3) is 22.3 Å². The Balaban J connectivity index is 1.54. The molecule has 0 fully saturated rings. The van der Waals surface area contributed by atoms with Gasteiger partial charge in [0.05, 0.1) is 37.6 Å². The number of nitro benzene ring substituents is 2. The van der Waals surface area contributed by atoms with Gasteiger partial charge in [0.15, 0.2) is 5.82 Å². The van der Waals surface area contributed by atoms with Crippen molar-refractivity contribution in [1.82, 2.24) is 9.66 Å². The standard InChI is InChI=1S/C29H17ClF3N5O6/c30-23-12-18(13-25(38(42)43)26(23)44-16-17-8-10-21(11-9-17)37(40)41)15-34-36-27(19-4-3-5-20(14-19)29(31,32)33)35-24-7-2-1-6-22(24)28(36)39/h1-15H,16H2. The van der Waals surface area contributed by atoms with Crippen molar-refractivity contribution in [1.29, 1.82) is 0 Å². The zero-order valence-electron chi connectivity index (χ0n) is 22.1. The number of alkyl halides is 3. The number of halogens is 4. The molecule has 0 aliphatic heterocycles. The predicted octanol–water partition coefficient (Wildman–Crippen LogP) is 7.01. The molecular formula is C29H17ClF3N5O6. The summed E-state index contributed by atoms with van der Waals surface area (Å²) in [6, 6.07) is 18.2. The Morgan fingerprint density at radius 2 is 1.68 bits per heavy atom. The molecule has 4 aromatic carbocycles. The molecule has 15 heteroatoms. The van der Waals surface area contributed by atoms with E-state index >= 15 is 0 Å². The van der Waals surface area contributed by atoms with Crippen LogP contribution in [0.1, 0.15) is 16.7 Å². The maximum absolute atomic E-state index is 13.4. The van der Waals surface area contributed by atoms with Gasteiger partial charge in [-0.05, 0) is 48.0 Å². The van der Waals surface area contributed by atoms with Crippen molar-refractivity contribution in [2.75, 3.05) is 0 Å². The van der Waals surface area contributed by atoms with E-state index in [4.69, 9.17) is 16.3 Å². The van der Waals surface area contributed by atoms with Crippen LogP contribution in [-0.2, 0) is 12.8 Å². The first kappa shape index (κ1) is 29.8. The Bertz CT molecular complexity index is 2010. The van der Waals surface area contributed by atoms with Gasteiger partial charge in [-0.25, -0.2) is 4.98 Å². The van der Waals surface area contributed by atoms with Gasteiger partial charge in [-0.3, -0.25) is 25.0 Å². The van der Waals surface area contributed by atoms with Crippen molar-refractivity contribution < 1.29 is 27.8 Å². The normalized spacial score (nSPS) is 11.6. The molecule has 0 radical (unpaired) electrons. The molecule has 0 atom stereocenters. The highest BCUT2D eigenvalue weighted by molar-refractivity contribution is 6.32. The number of non-ortho nitro benzene ring substituents is 1. The summed E-state index contributed by atoms with van der Waals surface area (Å²) in [5.74, 6) is -0.471. The lowest BCUT2D eigenvalue weighted by Crippen LogP contribution is -2.20. The molecule has 0 aliphatic rings. The largest absolute Gasteiger partial charge is 0.481 e. The van der Waals surface area contributed by atoms with Gasteiger partial charge in [0.1, 0.15) is 6.61 Å². The number of ether oxygens (including phenoxy) is 1. The van der Waals surface area contributed by atoms with Crippen LogP contribution in [-0.4, -0.2) is 25.7 Å². The maximum Gasteiger partial charge on any atom is 0.416 e. The topological polar surface area (TPSA) is 143 Å². The maximum atomic E-state index is 13.4. The van der Waals surface area contributed by atoms with Crippen LogP contribution >= 0.6 is 11.6 Å². The molecule has 1 heterocycles. The van der Waals surface area contributed by atoms with Crippen LogP contribution in [0, 0.1) is 20.2 Å². The first-order valence-corrected chi connectivity index (χ1v) is 12.9. The summed E-state index contributed by atoms with van der Waals surface area (Å²) in [7, 11) is 0. The molecule has 0 amide bonds. The summed E-state index contributed by atoms with van der Waals surface area (Å²) in [5, 5.41) is 26.8. The number of nitro groups is 2. The van der Waals surface area contributed by atoms with Gasteiger partial charge in [-0.15, -0.1) is 0 Å². The van der Waals surface area contributed by atoms with E-state index in [1.165, 1.54) is 54.6 Å². The number of para-hydroxylation sites is 1. The molecule has 0 aliphatic carbocycles. The summed E-state index contributed by atoms with van der Waals surface area (Å²) >= 11 is 6.32. The predicted molar refractivity (Wildman–Crippen MR) is 155 cm³/mol. The molecule has 0 saturated carbocycles. The van der Waals surface area contributed by atoms with Gasteiger partial charge in [-0.1, -0.05) is 35.9 Å². The molecule has 0 unspecified atom stereocenters. The fourth-order valence-corrected chi connectivity index (χ4v) is 4.48. The first-order valence-electron chi connectivity index (χ1n) is 12.5. The van der Waals surface area contributed by atoms with E-state index in [-0.39, 0.29) is 50.9 Å². The highest BCUT2D eigenvalue weighted by atomic mass is 35.5. The van der Waals surface area contributed by atoms with Crippen LogP contribution in [0.15, 0.2) is 94.8 Å². The number of benzene rings is 4. The molecule has 0 spiro atoms. The second-order valence-corrected chi connectivity index (χ2v) is 9.62. The molecule has 11 nitrogen and oxygen atoms in total. The number of aromatic nitrogens is 2. The van der Waals surface area contributed by atoms with Crippen LogP contribution in [0.5, 0.6) is 5.75 Å². The van der Waals surface area contributed by atoms with E-state index in [0.717, 1.165) is 29.1 Å². The Hall–Kier alpha value is -5.63. The van der Waals surface area contributed by atoms with Crippen molar-refractivity contribution in [3.8, 4) is 17.1 Å². The number of fused-ring (bicyclic) bond motifs is 1. The van der Waals surface area contributed by atoms with Crippen LogP contribution in [0.4, 0.5) is 24.5 Å². The second-order valence-electron chi connectivity index (χ2n) is 9.21. The summed E-state index contributed by atoms with van der Waals surface area (Å²) in [4.78, 5) is 39.2. The number of hydrogen-bond donors (Lipinski definition) is 0. The number of nitrogens with zero attached hydrogens (tertiary/aromatic N) is 5. The van der Waals surface area contributed by atoms with Gasteiger partial charge < -0.3 is 4.74 Å². The van der Waals surface area contributed by atoms with Gasteiger partial charge in [-0.2, -0.15) is 22.9 Å². The Kier molecular flexibility index (Phi) is 8.09. The minimum absolute atomic E-state index is 0.0427. The van der Waals surface area contributed by atoms with Crippen LogP contribution in [0.3, 0.4) is 0 Å². The third-order valence-corrected chi connectivity index (χ3v) is 6.58. The summed E-state index contributed by atoms with van der Waals surface area (Å²) in [6.45, 7) is -0.190. The third kappa shape index (κ3) is 6.24. The van der Waals surface area contributed by atoms with E-state index in [9.17, 15) is 38.2 Å². The molecule has 0 N–H and O–H groups in total. The van der Waals surface area contributed by atoms with Gasteiger partial charge in [0, 0.05) is 29.3 Å². The van der Waals surface area contributed by atoms with Crippen molar-refractivity contribution in [2.24, 2.45) is 5.10 Å². The Labute approximate surface area is 249 Å². The van der Waals surface area contributed by atoms with E-state index in [2.05, 4.69) is 10.1 Å². The highest BCUT2D eigenvalue weighted by Gasteiger charge is 2.31. The van der Waals surface area contributed by atoms with Gasteiger partial charge >= 0.3 is 11.9 Å². The van der Waals surface area contributed by atoms with Gasteiger partial charge in [0.2, 0.25) is 5.75 Å². The number of rotatable bonds is 8. The van der Waals surface area contributed by atoms with Crippen LogP contribution in [0.2, 0.25) is 5.02 Å². The van der Waals surface area contributed by atoms with Crippen molar-refractivity contribution >= 4 is 40.1 Å². The highest BCUT2D eigenvalue weighted by Crippen LogP contribution is 2.37. The van der Waals surface area contributed by atoms with E-state index in [1.807, 2.05) is 0 Å². The lowest BCUT2D eigenvalue weighted by molar-refractivity contribution is -0.386. The van der Waals surface area contributed by atoms with Crippen molar-refractivity contribution in [3.05, 3.63) is 137 Å². The van der Waals surface area contributed by atoms with Gasteiger partial charge in [0.25, 0.3) is 11.2 Å². The lowest BCUT2D eigenvalue weighted by Gasteiger charge is -2.12. The second kappa shape index (κ2) is 11.9. The minimum Gasteiger partial charge on any atom is -0.481 e. The average Bonchev–Trinajstić information content (AvgIpc) is 2.99. The molecular weight excluding hydrogens is 607 g/mol. The van der Waals surface area contributed by atoms with Crippen LogP contribution < -0.4 is 10.3 Å². The summed E-state index contributed by atoms with van der Waals surface area (Å²) < 4.78 is 46.7. The Morgan fingerprint density at radius 3 is 2.36 bits per heavy atom. The fraction of sp³-hybridized carbons (Fsp3) is 0.0690. The van der Waals surface area contributed by atoms with Crippen molar-refractivity contribution in [3.63, 3.8) is 0 Å². The molecule has 0 bridgehead atoms. The third-order valence-electron chi connectivity index (χ3n) is 6.30. The molecule has 5 aromatic rings. The monoisotopic (exact) mass is 623 g/mol. The SMILES string of the molecule is O=c1c2ccccc2nc(-c2cccc(C(F)(F)F)c2)n1N=Cc1cc(Cl)c(OCc2ccc([N+](=O)[O-])cc2)c([N+](=O)[O-])c1. The zero-order chi connectivity index (χ0) is 31.6. The fourth-order valence-electron chi connectivity index (χ4n) is 4.20. The lowest BCUT2D eigenvalue weighted by atomic mass is 10.1. The first-order chi connectivity index (χ1) is 20.9. The summed E-state index contributed by atoms with van der Waals surface area (Å²) in [5.41, 5.74) is -1.59. The molecule has 44 heavy (non-hydrogen) atoms. The number of hydrogen-bond acceptors (Lipinski definition) is 8. The van der Waals surface area contributed by atoms with E-state index in [0.29, 0.717) is 5.56 Å². The molecule has 222 valence electrons. The Morgan fingerprint density at radius 1 is 0.955 bits per heavy atom. The zero-order valence-corrected chi connectivity index (χ0v) is 22.8. The average molecular weight is 624 g/mol.